The van der Waals surface area contributed by atoms with E-state index in [9.17, 15) is 0 Å². The van der Waals surface area contributed by atoms with Gasteiger partial charge in [-0.2, -0.15) is 0 Å². The highest BCUT2D eigenvalue weighted by atomic mass is 15.2. The summed E-state index contributed by atoms with van der Waals surface area (Å²) in [6, 6.07) is 0. The molecule has 2 nitrogen and oxygen atoms in total. The molecule has 0 aromatic carbocycles. The van der Waals surface area contributed by atoms with Gasteiger partial charge in [-0.3, -0.25) is 4.90 Å². The van der Waals surface area contributed by atoms with E-state index >= 15 is 0 Å². The Morgan fingerprint density at radius 1 is 1.06 bits per heavy atom. The summed E-state index contributed by atoms with van der Waals surface area (Å²) < 4.78 is 0. The summed E-state index contributed by atoms with van der Waals surface area (Å²) in [6.07, 6.45) is 0. The van der Waals surface area contributed by atoms with E-state index in [-0.39, 0.29) is 5.54 Å². The minimum atomic E-state index is 0.204. The van der Waals surface area contributed by atoms with Gasteiger partial charge in [-0.05, 0) is 57.3 Å². The van der Waals surface area contributed by atoms with Crippen LogP contribution in [0.2, 0.25) is 0 Å². The van der Waals surface area contributed by atoms with Crippen LogP contribution in [-0.2, 0) is 0 Å². The lowest BCUT2D eigenvalue weighted by atomic mass is 9.68. The van der Waals surface area contributed by atoms with E-state index < -0.39 is 0 Å². The zero-order valence-corrected chi connectivity index (χ0v) is 12.9. The molecule has 0 spiro atoms. The van der Waals surface area contributed by atoms with E-state index in [1.54, 1.807) is 11.1 Å². The van der Waals surface area contributed by atoms with E-state index in [0.29, 0.717) is 5.92 Å². The maximum atomic E-state index is 3.46. The van der Waals surface area contributed by atoms with Crippen molar-refractivity contribution in [1.29, 1.82) is 0 Å². The highest BCUT2D eigenvalue weighted by Crippen LogP contribution is 2.44. The molecule has 1 fully saturated rings. The van der Waals surface area contributed by atoms with Crippen LogP contribution < -0.4 is 5.32 Å². The number of nitrogens with zero attached hydrogens (tertiary/aromatic N) is 1. The zero-order valence-electron chi connectivity index (χ0n) is 12.9. The Morgan fingerprint density at radius 3 is 2.17 bits per heavy atom. The third kappa shape index (κ3) is 1.86. The second-order valence-corrected chi connectivity index (χ2v) is 6.16. The molecule has 0 aromatic heterocycles. The van der Waals surface area contributed by atoms with Crippen LogP contribution in [0.5, 0.6) is 0 Å². The minimum Gasteiger partial charge on any atom is -0.314 e. The van der Waals surface area contributed by atoms with E-state index in [1.807, 2.05) is 0 Å². The summed E-state index contributed by atoms with van der Waals surface area (Å²) in [5.41, 5.74) is 6.36. The molecule has 0 amide bonds. The van der Waals surface area contributed by atoms with Crippen LogP contribution in [0.1, 0.15) is 41.5 Å². The molecule has 2 aliphatic rings. The Morgan fingerprint density at radius 2 is 1.61 bits per heavy atom. The van der Waals surface area contributed by atoms with Crippen molar-refractivity contribution in [2.75, 3.05) is 26.2 Å². The van der Waals surface area contributed by atoms with Gasteiger partial charge in [0.05, 0.1) is 0 Å². The van der Waals surface area contributed by atoms with Gasteiger partial charge in [-0.25, -0.2) is 0 Å². The Kier molecular flexibility index (Phi) is 3.70. The van der Waals surface area contributed by atoms with Gasteiger partial charge >= 0.3 is 0 Å². The van der Waals surface area contributed by atoms with Gasteiger partial charge in [0, 0.05) is 31.7 Å². The van der Waals surface area contributed by atoms with Gasteiger partial charge < -0.3 is 5.32 Å². The fraction of sp³-hybridized carbons (Fsp3) is 0.750. The first-order valence-electron chi connectivity index (χ1n) is 7.22. The molecule has 0 radical (unpaired) electrons. The van der Waals surface area contributed by atoms with Crippen LogP contribution in [0, 0.1) is 5.92 Å². The molecule has 2 unspecified atom stereocenters. The lowest BCUT2D eigenvalue weighted by molar-refractivity contribution is 0.0812. The molecule has 1 N–H and O–H groups in total. The molecule has 2 atom stereocenters. The highest BCUT2D eigenvalue weighted by Gasteiger charge is 2.43. The molecule has 0 bridgehead atoms. The fourth-order valence-corrected chi connectivity index (χ4v) is 3.67. The monoisotopic (exact) mass is 248 g/mol. The molecule has 18 heavy (non-hydrogen) atoms. The Bertz CT molecular complexity index is 399. The summed E-state index contributed by atoms with van der Waals surface area (Å²) in [7, 11) is 0. The van der Waals surface area contributed by atoms with Crippen molar-refractivity contribution in [3.63, 3.8) is 0 Å². The van der Waals surface area contributed by atoms with Crippen molar-refractivity contribution in [2.24, 2.45) is 5.92 Å². The molecule has 0 saturated carbocycles. The Balaban J connectivity index is 2.43. The van der Waals surface area contributed by atoms with Crippen LogP contribution in [0.15, 0.2) is 22.3 Å². The van der Waals surface area contributed by atoms with Crippen molar-refractivity contribution in [1.82, 2.24) is 10.2 Å². The fourth-order valence-electron chi connectivity index (χ4n) is 3.67. The van der Waals surface area contributed by atoms with Crippen LogP contribution >= 0.6 is 0 Å². The quantitative estimate of drug-likeness (QED) is 0.767. The second kappa shape index (κ2) is 4.82. The Labute approximate surface area is 112 Å². The first-order valence-corrected chi connectivity index (χ1v) is 7.22. The standard InChI is InChI=1S/C16H28N2/c1-11-12(2)14(4)16(6,15(5)13(11)3)18-9-7-17-8-10-18/h14,17H,7-10H2,1-6H3. The molecule has 102 valence electrons. The second-order valence-electron chi connectivity index (χ2n) is 6.16. The highest BCUT2D eigenvalue weighted by molar-refractivity contribution is 5.46. The van der Waals surface area contributed by atoms with Crippen molar-refractivity contribution in [2.45, 2.75) is 47.1 Å². The lowest BCUT2D eigenvalue weighted by Crippen LogP contribution is -2.59. The van der Waals surface area contributed by atoms with Crippen molar-refractivity contribution < 1.29 is 0 Å². The van der Waals surface area contributed by atoms with Gasteiger partial charge in [0.2, 0.25) is 0 Å². The largest absolute Gasteiger partial charge is 0.314 e. The van der Waals surface area contributed by atoms with Crippen LogP contribution in [0.3, 0.4) is 0 Å². The molecule has 1 aliphatic carbocycles. The average Bonchev–Trinajstić information content (AvgIpc) is 2.42. The zero-order chi connectivity index (χ0) is 13.5. The first-order chi connectivity index (χ1) is 8.40. The van der Waals surface area contributed by atoms with Crippen LogP contribution in [0.4, 0.5) is 0 Å². The number of piperazine rings is 1. The molecule has 1 saturated heterocycles. The summed E-state index contributed by atoms with van der Waals surface area (Å²) in [6.45, 7) is 18.6. The topological polar surface area (TPSA) is 15.3 Å². The smallest absolute Gasteiger partial charge is 0.0459 e. The number of allylic oxidation sites excluding steroid dienone is 2. The third-order valence-corrected chi connectivity index (χ3v) is 5.74. The van der Waals surface area contributed by atoms with Gasteiger partial charge in [0.25, 0.3) is 0 Å². The summed E-state index contributed by atoms with van der Waals surface area (Å²) in [5.74, 6) is 0.610. The average molecular weight is 248 g/mol. The molecule has 1 heterocycles. The predicted molar refractivity (Wildman–Crippen MR) is 78.8 cm³/mol. The summed E-state index contributed by atoms with van der Waals surface area (Å²) in [5, 5.41) is 3.46. The number of hydrogen-bond donors (Lipinski definition) is 1. The van der Waals surface area contributed by atoms with E-state index in [4.69, 9.17) is 0 Å². The summed E-state index contributed by atoms with van der Waals surface area (Å²) in [4.78, 5) is 2.68. The molecule has 2 rings (SSSR count). The number of nitrogens with one attached hydrogen (secondary N) is 1. The van der Waals surface area contributed by atoms with E-state index in [1.165, 1.54) is 11.1 Å². The van der Waals surface area contributed by atoms with E-state index in [2.05, 4.69) is 51.8 Å². The number of rotatable bonds is 1. The number of hydrogen-bond acceptors (Lipinski definition) is 2. The van der Waals surface area contributed by atoms with Crippen molar-refractivity contribution >= 4 is 0 Å². The van der Waals surface area contributed by atoms with Crippen molar-refractivity contribution in [3.05, 3.63) is 22.3 Å². The van der Waals surface area contributed by atoms with Crippen LogP contribution in [-0.4, -0.2) is 36.6 Å². The minimum absolute atomic E-state index is 0.204. The molecular formula is C16H28N2. The molecule has 2 heteroatoms. The van der Waals surface area contributed by atoms with Gasteiger partial charge in [0.15, 0.2) is 0 Å². The van der Waals surface area contributed by atoms with Crippen LogP contribution in [0.25, 0.3) is 0 Å². The molecular weight excluding hydrogens is 220 g/mol. The van der Waals surface area contributed by atoms with Crippen molar-refractivity contribution in [3.8, 4) is 0 Å². The van der Waals surface area contributed by atoms with Gasteiger partial charge in [-0.15, -0.1) is 0 Å². The van der Waals surface area contributed by atoms with Gasteiger partial charge in [-0.1, -0.05) is 12.5 Å². The summed E-state index contributed by atoms with van der Waals surface area (Å²) >= 11 is 0. The van der Waals surface area contributed by atoms with Gasteiger partial charge in [0.1, 0.15) is 0 Å². The predicted octanol–water partition coefficient (Wildman–Crippen LogP) is 2.97. The van der Waals surface area contributed by atoms with E-state index in [0.717, 1.165) is 26.2 Å². The maximum absolute atomic E-state index is 3.46. The molecule has 0 aromatic rings. The first kappa shape index (κ1) is 13.8. The third-order valence-electron chi connectivity index (χ3n) is 5.74. The molecule has 1 aliphatic heterocycles. The lowest BCUT2D eigenvalue weighted by Gasteiger charge is -2.51. The normalized spacial score (nSPS) is 35.3. The SMILES string of the molecule is CC1=C(C)C(C)C(C)(N2CCNCC2)C(C)=C1C. The maximum Gasteiger partial charge on any atom is 0.0459 e. The Hall–Kier alpha value is -0.600.